The molecule has 0 spiro atoms. The number of hydrogen-bond donors (Lipinski definition) is 1. The number of hydrogen-bond acceptors (Lipinski definition) is 4. The van der Waals surface area contributed by atoms with E-state index in [1.807, 2.05) is 0 Å². The molecule has 1 N–H and O–H groups in total. The zero-order valence-corrected chi connectivity index (χ0v) is 20.4. The molecule has 1 heterocycles. The van der Waals surface area contributed by atoms with Gasteiger partial charge in [0.05, 0.1) is 11.4 Å². The predicted molar refractivity (Wildman–Crippen MR) is 128 cm³/mol. The van der Waals surface area contributed by atoms with E-state index in [9.17, 15) is 18.0 Å². The van der Waals surface area contributed by atoms with Gasteiger partial charge >= 0.3 is 0 Å². The van der Waals surface area contributed by atoms with Gasteiger partial charge in [-0.05, 0) is 62.3 Å². The molecular formula is C25H33N3O4S. The molecule has 2 amide bonds. The minimum Gasteiger partial charge on any atom is -0.343 e. The van der Waals surface area contributed by atoms with Crippen LogP contribution in [0.1, 0.15) is 40.7 Å². The third kappa shape index (κ3) is 6.65. The van der Waals surface area contributed by atoms with Crippen LogP contribution >= 0.6 is 0 Å². The topological polar surface area (TPSA) is 86.8 Å². The molecule has 33 heavy (non-hydrogen) atoms. The molecular weight excluding hydrogens is 438 g/mol. The highest BCUT2D eigenvalue weighted by molar-refractivity contribution is 7.89. The maximum atomic E-state index is 12.6. The summed E-state index contributed by atoms with van der Waals surface area (Å²) >= 11 is 0. The molecule has 0 atom stereocenters. The Morgan fingerprint density at radius 3 is 2.36 bits per heavy atom. The quantitative estimate of drug-likeness (QED) is 0.641. The van der Waals surface area contributed by atoms with Crippen LogP contribution in [0.15, 0.2) is 53.4 Å². The SMILES string of the molecule is Cc1ccc(CCC2CCN(C(=O)CNC(=O)c3cccc(S(=O)(=O)N(C)C)c3)CC2)cc1. The molecule has 2 aromatic carbocycles. The summed E-state index contributed by atoms with van der Waals surface area (Å²) in [5, 5.41) is 2.63. The van der Waals surface area contributed by atoms with Crippen molar-refractivity contribution in [1.82, 2.24) is 14.5 Å². The Labute approximate surface area is 196 Å². The van der Waals surface area contributed by atoms with Crippen molar-refractivity contribution in [2.24, 2.45) is 5.92 Å². The highest BCUT2D eigenvalue weighted by Gasteiger charge is 2.23. The van der Waals surface area contributed by atoms with Crippen LogP contribution in [-0.2, 0) is 21.2 Å². The van der Waals surface area contributed by atoms with Gasteiger partial charge in [0.2, 0.25) is 15.9 Å². The average Bonchev–Trinajstić information content (AvgIpc) is 2.82. The number of carbonyl (C=O) groups excluding carboxylic acids is 2. The molecule has 0 bridgehead atoms. The van der Waals surface area contributed by atoms with Crippen molar-refractivity contribution in [1.29, 1.82) is 0 Å². The number of aryl methyl sites for hydroxylation is 2. The lowest BCUT2D eigenvalue weighted by Gasteiger charge is -2.32. The number of nitrogens with zero attached hydrogens (tertiary/aromatic N) is 2. The van der Waals surface area contributed by atoms with Crippen molar-refractivity contribution in [2.45, 2.75) is 37.5 Å². The Kier molecular flexibility index (Phi) is 8.26. The number of piperidine rings is 1. The fourth-order valence-electron chi connectivity index (χ4n) is 3.97. The highest BCUT2D eigenvalue weighted by atomic mass is 32.2. The molecule has 2 aromatic rings. The number of nitrogens with one attached hydrogen (secondary N) is 1. The summed E-state index contributed by atoms with van der Waals surface area (Å²) in [6.07, 6.45) is 4.11. The van der Waals surface area contributed by atoms with Crippen molar-refractivity contribution >= 4 is 21.8 Å². The third-order valence-electron chi connectivity index (χ3n) is 6.20. The first kappa shape index (κ1) is 24.9. The largest absolute Gasteiger partial charge is 0.343 e. The zero-order valence-electron chi connectivity index (χ0n) is 19.6. The van der Waals surface area contributed by atoms with Crippen LogP contribution in [0.4, 0.5) is 0 Å². The summed E-state index contributed by atoms with van der Waals surface area (Å²) in [5.74, 6) is 0.0240. The van der Waals surface area contributed by atoms with Gasteiger partial charge in [-0.15, -0.1) is 0 Å². The van der Waals surface area contributed by atoms with E-state index in [1.54, 1.807) is 4.90 Å². The standard InChI is InChI=1S/C25H33N3O4S/c1-19-7-9-20(10-8-19)11-12-21-13-15-28(16-14-21)24(29)18-26-25(30)22-5-4-6-23(17-22)33(31,32)27(2)3/h4-10,17,21H,11-16,18H2,1-3H3,(H,26,30). The third-order valence-corrected chi connectivity index (χ3v) is 8.02. The van der Waals surface area contributed by atoms with E-state index in [0.717, 1.165) is 30.0 Å². The number of sulfonamides is 1. The summed E-state index contributed by atoms with van der Waals surface area (Å²) < 4.78 is 25.7. The summed E-state index contributed by atoms with van der Waals surface area (Å²) in [6.45, 7) is 3.39. The number of amides is 2. The molecule has 7 nitrogen and oxygen atoms in total. The van der Waals surface area contributed by atoms with Gasteiger partial charge in [-0.2, -0.15) is 0 Å². The first-order valence-corrected chi connectivity index (χ1v) is 12.7. The van der Waals surface area contributed by atoms with E-state index in [4.69, 9.17) is 0 Å². The Balaban J connectivity index is 1.45. The van der Waals surface area contributed by atoms with Crippen LogP contribution in [0.25, 0.3) is 0 Å². The zero-order chi connectivity index (χ0) is 24.0. The van der Waals surface area contributed by atoms with Crippen molar-refractivity contribution in [3.05, 3.63) is 65.2 Å². The molecule has 178 valence electrons. The lowest BCUT2D eigenvalue weighted by Crippen LogP contribution is -2.44. The molecule has 0 aromatic heterocycles. The Bertz CT molecular complexity index is 1070. The molecule has 0 saturated carbocycles. The van der Waals surface area contributed by atoms with Gasteiger partial charge in [0.1, 0.15) is 0 Å². The second kappa shape index (κ2) is 10.9. The van der Waals surface area contributed by atoms with Gasteiger partial charge in [-0.1, -0.05) is 35.9 Å². The van der Waals surface area contributed by atoms with Gasteiger partial charge in [0.25, 0.3) is 5.91 Å². The lowest BCUT2D eigenvalue weighted by atomic mass is 9.90. The summed E-state index contributed by atoms with van der Waals surface area (Å²) in [7, 11) is -0.759. The van der Waals surface area contributed by atoms with Gasteiger partial charge in [-0.3, -0.25) is 9.59 Å². The Morgan fingerprint density at radius 1 is 1.06 bits per heavy atom. The fourth-order valence-corrected chi connectivity index (χ4v) is 4.92. The first-order valence-electron chi connectivity index (χ1n) is 11.3. The van der Waals surface area contributed by atoms with E-state index in [1.165, 1.54) is 49.5 Å². The maximum absolute atomic E-state index is 12.6. The van der Waals surface area contributed by atoms with Crippen LogP contribution in [0, 0.1) is 12.8 Å². The molecule has 0 radical (unpaired) electrons. The molecule has 0 aliphatic carbocycles. The molecule has 3 rings (SSSR count). The van der Waals surface area contributed by atoms with E-state index < -0.39 is 15.9 Å². The van der Waals surface area contributed by atoms with E-state index in [0.29, 0.717) is 19.0 Å². The summed E-state index contributed by atoms with van der Waals surface area (Å²) in [6, 6.07) is 14.5. The van der Waals surface area contributed by atoms with Crippen LogP contribution in [0.5, 0.6) is 0 Å². The Morgan fingerprint density at radius 2 is 1.73 bits per heavy atom. The summed E-state index contributed by atoms with van der Waals surface area (Å²) in [4.78, 5) is 26.9. The van der Waals surface area contributed by atoms with E-state index >= 15 is 0 Å². The second-order valence-electron chi connectivity index (χ2n) is 8.85. The van der Waals surface area contributed by atoms with Gasteiger partial charge < -0.3 is 10.2 Å². The molecule has 1 saturated heterocycles. The van der Waals surface area contributed by atoms with Crippen molar-refractivity contribution in [3.8, 4) is 0 Å². The monoisotopic (exact) mass is 471 g/mol. The van der Waals surface area contributed by atoms with Gasteiger partial charge in [-0.25, -0.2) is 12.7 Å². The van der Waals surface area contributed by atoms with Crippen molar-refractivity contribution in [3.63, 3.8) is 0 Å². The predicted octanol–water partition coefficient (Wildman–Crippen LogP) is 2.85. The summed E-state index contributed by atoms with van der Waals surface area (Å²) in [5.41, 5.74) is 2.83. The van der Waals surface area contributed by atoms with Crippen molar-refractivity contribution in [2.75, 3.05) is 33.7 Å². The van der Waals surface area contributed by atoms with Gasteiger partial charge in [0.15, 0.2) is 0 Å². The normalized spacial score (nSPS) is 15.0. The number of likely N-dealkylation sites (tertiary alicyclic amines) is 1. The minimum absolute atomic E-state index is 0.0409. The van der Waals surface area contributed by atoms with Crippen LogP contribution < -0.4 is 5.32 Å². The van der Waals surface area contributed by atoms with E-state index in [-0.39, 0.29) is 22.9 Å². The number of benzene rings is 2. The van der Waals surface area contributed by atoms with Crippen LogP contribution in [-0.4, -0.2) is 63.2 Å². The minimum atomic E-state index is -3.63. The number of rotatable bonds is 8. The fraction of sp³-hybridized carbons (Fsp3) is 0.440. The van der Waals surface area contributed by atoms with E-state index in [2.05, 4.69) is 36.5 Å². The lowest BCUT2D eigenvalue weighted by molar-refractivity contribution is -0.131. The second-order valence-corrected chi connectivity index (χ2v) is 11.0. The molecule has 0 unspecified atom stereocenters. The van der Waals surface area contributed by atoms with Gasteiger partial charge in [0, 0.05) is 32.7 Å². The maximum Gasteiger partial charge on any atom is 0.251 e. The molecule has 1 aliphatic heterocycles. The van der Waals surface area contributed by atoms with Crippen LogP contribution in [0.2, 0.25) is 0 Å². The Hall–Kier alpha value is -2.71. The first-order chi connectivity index (χ1) is 15.7. The molecule has 1 aliphatic rings. The average molecular weight is 472 g/mol. The number of carbonyl (C=O) groups is 2. The molecule has 8 heteroatoms. The van der Waals surface area contributed by atoms with Crippen LogP contribution in [0.3, 0.4) is 0 Å². The highest BCUT2D eigenvalue weighted by Crippen LogP contribution is 2.22. The molecule has 1 fully saturated rings. The van der Waals surface area contributed by atoms with Crippen molar-refractivity contribution < 1.29 is 18.0 Å². The smallest absolute Gasteiger partial charge is 0.251 e.